The number of nitrogens with two attached hydrogens (primary N) is 2. The van der Waals surface area contributed by atoms with Gasteiger partial charge in [-0.2, -0.15) is 5.10 Å². The number of fused-ring (bicyclic) bond motifs is 1. The molecule has 0 spiro atoms. The van der Waals surface area contributed by atoms with E-state index in [0.717, 1.165) is 36.2 Å². The number of hydrogen-bond donors (Lipinski definition) is 2. The van der Waals surface area contributed by atoms with Gasteiger partial charge in [-0.25, -0.2) is 0 Å². The maximum atomic E-state index is 11.1. The third-order valence-electron chi connectivity index (χ3n) is 3.41. The van der Waals surface area contributed by atoms with Crippen molar-refractivity contribution in [3.8, 4) is 0 Å². The first-order valence-corrected chi connectivity index (χ1v) is 6.44. The molecule has 18 heavy (non-hydrogen) atoms. The number of primary amides is 1. The summed E-state index contributed by atoms with van der Waals surface area (Å²) in [5.74, 6) is -0.361. The highest BCUT2D eigenvalue weighted by molar-refractivity contribution is 5.73. The van der Waals surface area contributed by atoms with Crippen LogP contribution in [0, 0.1) is 0 Å². The first kappa shape index (κ1) is 13.1. The van der Waals surface area contributed by atoms with Gasteiger partial charge in [0.2, 0.25) is 5.91 Å². The van der Waals surface area contributed by atoms with Gasteiger partial charge < -0.3 is 11.5 Å². The molecule has 0 fully saturated rings. The van der Waals surface area contributed by atoms with Gasteiger partial charge in [-0.3, -0.25) is 9.48 Å². The summed E-state index contributed by atoms with van der Waals surface area (Å²) in [5, 5.41) is 4.59. The zero-order valence-electron chi connectivity index (χ0n) is 11.4. The van der Waals surface area contributed by atoms with Crippen LogP contribution in [-0.2, 0) is 23.2 Å². The van der Waals surface area contributed by atoms with Gasteiger partial charge in [-0.1, -0.05) is 20.8 Å². The van der Waals surface area contributed by atoms with E-state index in [-0.39, 0.29) is 23.9 Å². The maximum Gasteiger partial charge on any atom is 0.239 e. The van der Waals surface area contributed by atoms with Crippen LogP contribution < -0.4 is 11.5 Å². The Labute approximate surface area is 108 Å². The summed E-state index contributed by atoms with van der Waals surface area (Å²) in [5.41, 5.74) is 14.7. The Morgan fingerprint density at radius 1 is 1.50 bits per heavy atom. The number of aromatic nitrogens is 2. The van der Waals surface area contributed by atoms with Crippen LogP contribution in [0.25, 0.3) is 0 Å². The van der Waals surface area contributed by atoms with Crippen LogP contribution >= 0.6 is 0 Å². The van der Waals surface area contributed by atoms with Crippen molar-refractivity contribution < 1.29 is 4.79 Å². The maximum absolute atomic E-state index is 11.1. The van der Waals surface area contributed by atoms with E-state index in [2.05, 4.69) is 25.9 Å². The highest BCUT2D eigenvalue weighted by atomic mass is 16.1. The average molecular weight is 250 g/mol. The molecule has 5 nitrogen and oxygen atoms in total. The average Bonchev–Trinajstić information content (AvgIpc) is 2.57. The fourth-order valence-electron chi connectivity index (χ4n) is 2.63. The van der Waals surface area contributed by atoms with Gasteiger partial charge in [0.15, 0.2) is 0 Å². The molecule has 0 radical (unpaired) electrons. The third kappa shape index (κ3) is 2.27. The second kappa shape index (κ2) is 4.39. The predicted octanol–water partition coefficient (Wildman–Crippen LogP) is 1.00. The predicted molar refractivity (Wildman–Crippen MR) is 70.0 cm³/mol. The van der Waals surface area contributed by atoms with Crippen LogP contribution in [-0.4, -0.2) is 15.7 Å². The van der Waals surface area contributed by atoms with E-state index in [1.54, 1.807) is 4.68 Å². The number of carbonyl (C=O) groups is 1. The van der Waals surface area contributed by atoms with E-state index in [1.165, 1.54) is 0 Å². The first-order chi connectivity index (χ1) is 8.30. The minimum Gasteiger partial charge on any atom is -0.368 e. The fourth-order valence-corrected chi connectivity index (χ4v) is 2.63. The number of hydrogen-bond acceptors (Lipinski definition) is 3. The van der Waals surface area contributed by atoms with Crippen LogP contribution in [0.4, 0.5) is 0 Å². The lowest BCUT2D eigenvalue weighted by Crippen LogP contribution is -2.24. The summed E-state index contributed by atoms with van der Waals surface area (Å²) >= 11 is 0. The van der Waals surface area contributed by atoms with Crippen molar-refractivity contribution in [2.75, 3.05) is 0 Å². The second-order valence-corrected chi connectivity index (χ2v) is 6.08. The van der Waals surface area contributed by atoms with E-state index >= 15 is 0 Å². The van der Waals surface area contributed by atoms with Gasteiger partial charge in [0.05, 0.1) is 5.69 Å². The number of carbonyl (C=O) groups excluding carboxylic acids is 1. The highest BCUT2D eigenvalue weighted by Crippen LogP contribution is 2.36. The fraction of sp³-hybridized carbons (Fsp3) is 0.692. The summed E-state index contributed by atoms with van der Waals surface area (Å²) in [6.07, 6.45) is 2.96. The van der Waals surface area contributed by atoms with Crippen LogP contribution in [0.2, 0.25) is 0 Å². The van der Waals surface area contributed by atoms with Gasteiger partial charge in [0.1, 0.15) is 6.54 Å². The highest BCUT2D eigenvalue weighted by Gasteiger charge is 2.31. The van der Waals surface area contributed by atoms with E-state index in [0.29, 0.717) is 0 Å². The molecule has 1 amide bonds. The molecule has 0 aromatic carbocycles. The van der Waals surface area contributed by atoms with Crippen molar-refractivity contribution in [3.63, 3.8) is 0 Å². The molecular formula is C13H22N4O. The Hall–Kier alpha value is -1.36. The Bertz CT molecular complexity index is 470. The molecule has 0 saturated carbocycles. The first-order valence-electron chi connectivity index (χ1n) is 6.44. The van der Waals surface area contributed by atoms with Crippen molar-refractivity contribution >= 4 is 5.91 Å². The molecular weight excluding hydrogens is 228 g/mol. The van der Waals surface area contributed by atoms with Crippen molar-refractivity contribution in [3.05, 3.63) is 17.0 Å². The monoisotopic (exact) mass is 250 g/mol. The van der Waals surface area contributed by atoms with Gasteiger partial charge >= 0.3 is 0 Å². The summed E-state index contributed by atoms with van der Waals surface area (Å²) in [4.78, 5) is 11.1. The Balaban J connectivity index is 2.54. The molecule has 1 atom stereocenters. The lowest BCUT2D eigenvalue weighted by molar-refractivity contribution is -0.118. The number of amides is 1. The van der Waals surface area contributed by atoms with Crippen LogP contribution in [0.3, 0.4) is 0 Å². The van der Waals surface area contributed by atoms with Crippen molar-refractivity contribution in [2.24, 2.45) is 11.5 Å². The minimum absolute atomic E-state index is 0.0320. The van der Waals surface area contributed by atoms with E-state index in [1.807, 2.05) is 0 Å². The van der Waals surface area contributed by atoms with E-state index < -0.39 is 0 Å². The zero-order valence-corrected chi connectivity index (χ0v) is 11.4. The third-order valence-corrected chi connectivity index (χ3v) is 3.41. The Morgan fingerprint density at radius 2 is 2.17 bits per heavy atom. The van der Waals surface area contributed by atoms with Gasteiger partial charge in [-0.05, 0) is 19.3 Å². The molecule has 4 N–H and O–H groups in total. The molecule has 1 aliphatic carbocycles. The van der Waals surface area contributed by atoms with Crippen molar-refractivity contribution in [1.82, 2.24) is 9.78 Å². The minimum atomic E-state index is -0.361. The molecule has 1 unspecified atom stereocenters. The molecule has 1 aromatic heterocycles. The summed E-state index contributed by atoms with van der Waals surface area (Å²) < 4.78 is 1.75. The SMILES string of the molecule is CC(C)(C)c1nn(CC(N)=O)c2c1C(N)CCC2. The van der Waals surface area contributed by atoms with Gasteiger partial charge in [-0.15, -0.1) is 0 Å². The normalized spacial score (nSPS) is 19.7. The van der Waals surface area contributed by atoms with E-state index in [9.17, 15) is 4.79 Å². The molecule has 100 valence electrons. The molecule has 1 aromatic rings. The van der Waals surface area contributed by atoms with Crippen LogP contribution in [0.15, 0.2) is 0 Å². The molecule has 0 aliphatic heterocycles. The van der Waals surface area contributed by atoms with E-state index in [4.69, 9.17) is 11.5 Å². The molecule has 5 heteroatoms. The van der Waals surface area contributed by atoms with Gasteiger partial charge in [0, 0.05) is 22.7 Å². The largest absolute Gasteiger partial charge is 0.368 e. The van der Waals surface area contributed by atoms with Crippen molar-refractivity contribution in [2.45, 2.75) is 58.0 Å². The molecule has 1 heterocycles. The van der Waals surface area contributed by atoms with Crippen LogP contribution in [0.5, 0.6) is 0 Å². The quantitative estimate of drug-likeness (QED) is 0.821. The van der Waals surface area contributed by atoms with Crippen molar-refractivity contribution in [1.29, 1.82) is 0 Å². The number of rotatable bonds is 2. The summed E-state index contributed by atoms with van der Waals surface area (Å²) in [7, 11) is 0. The molecule has 1 aliphatic rings. The Kier molecular flexibility index (Phi) is 3.19. The topological polar surface area (TPSA) is 86.9 Å². The van der Waals surface area contributed by atoms with Crippen LogP contribution in [0.1, 0.15) is 56.6 Å². The smallest absolute Gasteiger partial charge is 0.239 e. The number of nitrogens with zero attached hydrogens (tertiary/aromatic N) is 2. The second-order valence-electron chi connectivity index (χ2n) is 6.08. The lowest BCUT2D eigenvalue weighted by Gasteiger charge is -2.24. The summed E-state index contributed by atoms with van der Waals surface area (Å²) in [6.45, 7) is 6.49. The summed E-state index contributed by atoms with van der Waals surface area (Å²) in [6, 6.07) is 0.0320. The Morgan fingerprint density at radius 3 is 2.72 bits per heavy atom. The standard InChI is InChI=1S/C13H22N4O/c1-13(2,3)12-11-8(14)5-4-6-9(11)17(16-12)7-10(15)18/h8H,4-7,14H2,1-3H3,(H2,15,18). The molecule has 2 rings (SSSR count). The van der Waals surface area contributed by atoms with Gasteiger partial charge in [0.25, 0.3) is 0 Å². The lowest BCUT2D eigenvalue weighted by atomic mass is 9.82. The zero-order chi connectivity index (χ0) is 13.5. The molecule has 0 bridgehead atoms. The molecule has 0 saturated heterocycles.